The van der Waals surface area contributed by atoms with Gasteiger partial charge >= 0.3 is 11.9 Å². The average molecular weight is 346 g/mol. The third-order valence-corrected chi connectivity index (χ3v) is 3.45. The van der Waals surface area contributed by atoms with Crippen LogP contribution in [0.4, 0.5) is 0 Å². The Kier molecular flexibility index (Phi) is 8.34. The number of carboxylic acid groups (broad SMARTS) is 2. The van der Waals surface area contributed by atoms with E-state index in [-0.39, 0.29) is 0 Å². The molecule has 0 saturated heterocycles. The summed E-state index contributed by atoms with van der Waals surface area (Å²) in [6, 6.07) is -5.40. The van der Waals surface area contributed by atoms with Crippen LogP contribution >= 0.6 is 0 Å². The Morgan fingerprint density at radius 2 is 0.958 bits per heavy atom. The van der Waals surface area contributed by atoms with Crippen molar-refractivity contribution in [3.8, 4) is 0 Å². The van der Waals surface area contributed by atoms with E-state index in [1.54, 1.807) is 27.7 Å². The summed E-state index contributed by atoms with van der Waals surface area (Å²) < 4.78 is 0. The van der Waals surface area contributed by atoms with Gasteiger partial charge in [-0.1, -0.05) is 27.7 Å². The Balaban J connectivity index is 4.93. The van der Waals surface area contributed by atoms with Crippen molar-refractivity contribution >= 4 is 23.8 Å². The van der Waals surface area contributed by atoms with E-state index in [0.717, 1.165) is 0 Å². The predicted molar refractivity (Wildman–Crippen MR) is 84.8 cm³/mol. The third kappa shape index (κ3) is 6.13. The van der Waals surface area contributed by atoms with E-state index in [1.807, 2.05) is 0 Å². The highest BCUT2D eigenvalue weighted by atomic mass is 16.4. The molecule has 0 aliphatic rings. The van der Waals surface area contributed by atoms with Gasteiger partial charge in [0, 0.05) is 0 Å². The normalized spacial score (nSPS) is 16.2. The zero-order valence-corrected chi connectivity index (χ0v) is 14.1. The lowest BCUT2D eigenvalue weighted by Crippen LogP contribution is -2.62. The number of carbonyl (C=O) groups is 4. The van der Waals surface area contributed by atoms with Crippen LogP contribution in [0.25, 0.3) is 0 Å². The maximum absolute atomic E-state index is 12.0. The van der Waals surface area contributed by atoms with E-state index in [9.17, 15) is 19.2 Å². The number of nitrogens with one attached hydrogen (secondary N) is 2. The van der Waals surface area contributed by atoms with E-state index in [2.05, 4.69) is 10.6 Å². The largest absolute Gasteiger partial charge is 0.480 e. The molecule has 0 aromatic rings. The maximum Gasteiger partial charge on any atom is 0.326 e. The minimum absolute atomic E-state index is 0.402. The first-order valence-corrected chi connectivity index (χ1v) is 7.47. The highest BCUT2D eigenvalue weighted by Crippen LogP contribution is 2.04. The first-order chi connectivity index (χ1) is 10.9. The summed E-state index contributed by atoms with van der Waals surface area (Å²) in [5.74, 6) is -5.10. The van der Waals surface area contributed by atoms with Gasteiger partial charge in [-0.15, -0.1) is 0 Å². The van der Waals surface area contributed by atoms with Crippen LogP contribution in [0.15, 0.2) is 0 Å². The quantitative estimate of drug-likeness (QED) is 0.279. The van der Waals surface area contributed by atoms with Gasteiger partial charge in [0.05, 0.1) is 0 Å². The molecule has 0 fully saturated rings. The molecular weight excluding hydrogens is 320 g/mol. The van der Waals surface area contributed by atoms with Crippen LogP contribution in [0.3, 0.4) is 0 Å². The lowest BCUT2D eigenvalue weighted by atomic mass is 10.0. The number of hydrogen-bond donors (Lipinski definition) is 6. The van der Waals surface area contributed by atoms with Gasteiger partial charge in [0.2, 0.25) is 11.8 Å². The fourth-order valence-corrected chi connectivity index (χ4v) is 1.85. The highest BCUT2D eigenvalue weighted by Gasteiger charge is 2.33. The maximum atomic E-state index is 12.0. The second-order valence-electron chi connectivity index (χ2n) is 6.19. The zero-order chi connectivity index (χ0) is 19.2. The fourth-order valence-electron chi connectivity index (χ4n) is 1.85. The van der Waals surface area contributed by atoms with E-state index in [0.29, 0.717) is 0 Å². The van der Waals surface area contributed by atoms with Crippen LogP contribution < -0.4 is 22.1 Å². The molecule has 8 N–H and O–H groups in total. The molecule has 1 unspecified atom stereocenters. The van der Waals surface area contributed by atoms with Crippen molar-refractivity contribution in [3.63, 3.8) is 0 Å². The molecule has 0 aromatic heterocycles. The van der Waals surface area contributed by atoms with E-state index < -0.39 is 59.8 Å². The first-order valence-electron chi connectivity index (χ1n) is 7.47. The van der Waals surface area contributed by atoms with E-state index >= 15 is 0 Å². The molecule has 0 bridgehead atoms. The number of nitrogens with two attached hydrogens (primary N) is 2. The Bertz CT molecular complexity index is 450. The molecule has 24 heavy (non-hydrogen) atoms. The smallest absolute Gasteiger partial charge is 0.326 e. The van der Waals surface area contributed by atoms with Crippen LogP contribution in [-0.2, 0) is 19.2 Å². The second-order valence-corrected chi connectivity index (χ2v) is 6.19. The average Bonchev–Trinajstić information content (AvgIpc) is 2.46. The molecule has 10 nitrogen and oxygen atoms in total. The number of aliphatic carboxylic acids is 2. The number of rotatable bonds is 9. The molecule has 2 amide bonds. The van der Waals surface area contributed by atoms with Gasteiger partial charge in [-0.25, -0.2) is 9.59 Å². The van der Waals surface area contributed by atoms with Gasteiger partial charge in [-0.05, 0) is 11.8 Å². The molecule has 0 aromatic carbocycles. The number of amides is 2. The van der Waals surface area contributed by atoms with Crippen LogP contribution in [-0.4, -0.2) is 58.1 Å². The molecule has 0 aliphatic heterocycles. The summed E-state index contributed by atoms with van der Waals surface area (Å²) >= 11 is 0. The first kappa shape index (κ1) is 21.8. The summed E-state index contributed by atoms with van der Waals surface area (Å²) in [6.45, 7) is 6.38. The van der Waals surface area contributed by atoms with Crippen LogP contribution in [0.2, 0.25) is 0 Å². The van der Waals surface area contributed by atoms with E-state index in [1.165, 1.54) is 0 Å². The van der Waals surface area contributed by atoms with Crippen molar-refractivity contribution in [2.75, 3.05) is 0 Å². The Hall–Kier alpha value is -2.20. The predicted octanol–water partition coefficient (Wildman–Crippen LogP) is -1.91. The van der Waals surface area contributed by atoms with Crippen molar-refractivity contribution in [3.05, 3.63) is 0 Å². The number of carboxylic acids is 2. The lowest BCUT2D eigenvalue weighted by molar-refractivity contribution is -0.144. The topological polar surface area (TPSA) is 185 Å². The van der Waals surface area contributed by atoms with Crippen molar-refractivity contribution in [1.29, 1.82) is 0 Å². The Morgan fingerprint density at radius 3 is 1.12 bits per heavy atom. The number of carbonyl (C=O) groups excluding carboxylic acids is 2. The zero-order valence-electron chi connectivity index (χ0n) is 14.1. The summed E-state index contributed by atoms with van der Waals surface area (Å²) in [7, 11) is 0. The van der Waals surface area contributed by atoms with Gasteiger partial charge in [-0.2, -0.15) is 0 Å². The molecule has 0 spiro atoms. The Labute approximate surface area is 139 Å². The van der Waals surface area contributed by atoms with Crippen molar-refractivity contribution in [2.24, 2.45) is 23.3 Å². The summed E-state index contributed by atoms with van der Waals surface area (Å²) in [6.07, 6.45) is 0. The standard InChI is InChI=1S/C14H26N4O6/c1-5(2)9(13(21)22)17-11(19)7(15)8(16)12(20)18-10(6(3)4)14(23)24/h5-10H,15-16H2,1-4H3,(H,17,19)(H,18,20)(H,21,22)(H,23,24)/t7-,8?,9-,10-/m0/s1. The summed E-state index contributed by atoms with van der Waals surface area (Å²) in [5.41, 5.74) is 11.2. The van der Waals surface area contributed by atoms with Crippen LogP contribution in [0.1, 0.15) is 27.7 Å². The molecule has 0 heterocycles. The lowest BCUT2D eigenvalue weighted by Gasteiger charge is -2.25. The third-order valence-electron chi connectivity index (χ3n) is 3.45. The van der Waals surface area contributed by atoms with Crippen molar-refractivity contribution in [1.82, 2.24) is 10.6 Å². The minimum Gasteiger partial charge on any atom is -0.480 e. The second kappa shape index (κ2) is 9.18. The van der Waals surface area contributed by atoms with Gasteiger partial charge < -0.3 is 32.3 Å². The van der Waals surface area contributed by atoms with Gasteiger partial charge in [0.1, 0.15) is 24.2 Å². The highest BCUT2D eigenvalue weighted by molar-refractivity contribution is 5.95. The SMILES string of the molecule is CC(C)[C@H](NC(=O)C(N)[C@H](N)C(=O)N[C@H](C(=O)O)C(C)C)C(=O)O. The van der Waals surface area contributed by atoms with Crippen LogP contribution in [0, 0.1) is 11.8 Å². The number of hydrogen-bond acceptors (Lipinski definition) is 6. The van der Waals surface area contributed by atoms with Crippen molar-refractivity contribution in [2.45, 2.75) is 51.9 Å². The molecule has 10 heteroatoms. The minimum atomic E-state index is -1.52. The molecule has 0 saturated carbocycles. The van der Waals surface area contributed by atoms with Crippen LogP contribution in [0.5, 0.6) is 0 Å². The molecule has 138 valence electrons. The summed E-state index contributed by atoms with van der Waals surface area (Å²) in [4.78, 5) is 46.1. The fraction of sp³-hybridized carbons (Fsp3) is 0.714. The molecular formula is C14H26N4O6. The molecule has 0 aliphatic carbocycles. The monoisotopic (exact) mass is 346 g/mol. The van der Waals surface area contributed by atoms with Crippen molar-refractivity contribution < 1.29 is 29.4 Å². The van der Waals surface area contributed by atoms with E-state index in [4.69, 9.17) is 21.7 Å². The summed E-state index contributed by atoms with van der Waals surface area (Å²) in [5, 5.41) is 22.5. The van der Waals surface area contributed by atoms with Gasteiger partial charge in [-0.3, -0.25) is 9.59 Å². The Morgan fingerprint density at radius 1 is 0.708 bits per heavy atom. The molecule has 4 atom stereocenters. The molecule has 0 rings (SSSR count). The van der Waals surface area contributed by atoms with Gasteiger partial charge in [0.15, 0.2) is 0 Å². The van der Waals surface area contributed by atoms with Gasteiger partial charge in [0.25, 0.3) is 0 Å². The molecule has 0 radical (unpaired) electrons.